The van der Waals surface area contributed by atoms with Crippen LogP contribution in [-0.4, -0.2) is 29.0 Å². The predicted molar refractivity (Wildman–Crippen MR) is 99.0 cm³/mol. The highest BCUT2D eigenvalue weighted by Gasteiger charge is 2.14. The molecule has 2 aromatic rings. The van der Waals surface area contributed by atoms with E-state index in [1.54, 1.807) is 24.5 Å². The van der Waals surface area contributed by atoms with Crippen molar-refractivity contribution >= 4 is 29.0 Å². The zero-order valence-corrected chi connectivity index (χ0v) is 15.1. The van der Waals surface area contributed by atoms with Gasteiger partial charge in [0.15, 0.2) is 0 Å². The molecule has 6 heteroatoms. The highest BCUT2D eigenvalue weighted by Crippen LogP contribution is 2.20. The minimum Gasteiger partial charge on any atom is -0.357 e. The van der Waals surface area contributed by atoms with Gasteiger partial charge in [0.05, 0.1) is 17.4 Å². The van der Waals surface area contributed by atoms with Crippen LogP contribution in [0.2, 0.25) is 5.15 Å². The van der Waals surface area contributed by atoms with E-state index in [0.29, 0.717) is 16.4 Å². The second-order valence-electron chi connectivity index (χ2n) is 5.38. The molecule has 0 spiro atoms. The average molecular weight is 347 g/mol. The number of hydrogen-bond acceptors (Lipinski definition) is 4. The summed E-state index contributed by atoms with van der Waals surface area (Å²) in [6.07, 6.45) is 5.57. The third kappa shape index (κ3) is 4.45. The normalized spacial score (nSPS) is 13.2. The van der Waals surface area contributed by atoms with E-state index in [9.17, 15) is 4.79 Å². The van der Waals surface area contributed by atoms with E-state index in [0.717, 1.165) is 24.5 Å². The fourth-order valence-electron chi connectivity index (χ4n) is 2.50. The zero-order valence-electron chi connectivity index (χ0n) is 14.3. The molecule has 1 fully saturated rings. The van der Waals surface area contributed by atoms with Crippen LogP contribution in [0.15, 0.2) is 30.6 Å². The Balaban J connectivity index is 0.00000100. The van der Waals surface area contributed by atoms with Gasteiger partial charge in [-0.1, -0.05) is 25.4 Å². The molecule has 0 saturated carbocycles. The van der Waals surface area contributed by atoms with Crippen LogP contribution < -0.4 is 10.2 Å². The van der Waals surface area contributed by atoms with Crippen molar-refractivity contribution in [2.45, 2.75) is 33.6 Å². The number of hydrogen-bond donors (Lipinski definition) is 1. The van der Waals surface area contributed by atoms with Crippen LogP contribution in [0, 0.1) is 6.92 Å². The van der Waals surface area contributed by atoms with Crippen LogP contribution in [0.25, 0.3) is 0 Å². The van der Waals surface area contributed by atoms with E-state index in [1.165, 1.54) is 12.8 Å². The maximum absolute atomic E-state index is 12.3. The molecule has 3 rings (SSSR count). The summed E-state index contributed by atoms with van der Waals surface area (Å²) in [5.41, 5.74) is 2.05. The van der Waals surface area contributed by atoms with Crippen LogP contribution in [0.3, 0.4) is 0 Å². The number of nitrogens with zero attached hydrogens (tertiary/aromatic N) is 3. The van der Waals surface area contributed by atoms with Crippen LogP contribution >= 0.6 is 11.6 Å². The van der Waals surface area contributed by atoms with E-state index >= 15 is 0 Å². The largest absolute Gasteiger partial charge is 0.357 e. The van der Waals surface area contributed by atoms with E-state index < -0.39 is 0 Å². The molecule has 0 unspecified atom stereocenters. The van der Waals surface area contributed by atoms with Gasteiger partial charge in [-0.3, -0.25) is 4.79 Å². The standard InChI is InChI=1S/C16H17ClN4O.C2H6/c1-11-8-14(17)18-10-13(11)20-16(22)12-4-5-15(19-9-12)21-6-2-3-7-21;1-2/h4-5,8-10H,2-3,6-7H2,1H3,(H,20,22);1-2H3. The summed E-state index contributed by atoms with van der Waals surface area (Å²) in [5.74, 6) is 0.728. The van der Waals surface area contributed by atoms with Crippen molar-refractivity contribution in [2.24, 2.45) is 0 Å². The van der Waals surface area contributed by atoms with Gasteiger partial charge in [0, 0.05) is 19.3 Å². The molecular weight excluding hydrogens is 324 g/mol. The Kier molecular flexibility index (Phi) is 6.55. The molecule has 1 aliphatic rings. The van der Waals surface area contributed by atoms with Crippen molar-refractivity contribution in [2.75, 3.05) is 23.3 Å². The predicted octanol–water partition coefficient (Wildman–Crippen LogP) is 4.32. The highest BCUT2D eigenvalue weighted by molar-refractivity contribution is 6.29. The third-order valence-electron chi connectivity index (χ3n) is 3.77. The lowest BCUT2D eigenvalue weighted by atomic mass is 10.2. The molecule has 3 heterocycles. The summed E-state index contributed by atoms with van der Waals surface area (Å²) in [4.78, 5) is 22.9. The Morgan fingerprint density at radius 2 is 1.88 bits per heavy atom. The molecule has 5 nitrogen and oxygen atoms in total. The Hall–Kier alpha value is -2.14. The average Bonchev–Trinajstić information content (AvgIpc) is 3.14. The summed E-state index contributed by atoms with van der Waals surface area (Å²) >= 11 is 5.81. The topological polar surface area (TPSA) is 58.1 Å². The lowest BCUT2D eigenvalue weighted by Gasteiger charge is -2.16. The van der Waals surface area contributed by atoms with E-state index in [2.05, 4.69) is 20.2 Å². The number of amides is 1. The Labute approximate surface area is 148 Å². The van der Waals surface area contributed by atoms with Gasteiger partial charge in [0.2, 0.25) is 0 Å². The SMILES string of the molecule is CC.Cc1cc(Cl)ncc1NC(=O)c1ccc(N2CCCC2)nc1. The molecule has 1 N–H and O–H groups in total. The minimum atomic E-state index is -0.201. The molecule has 0 radical (unpaired) electrons. The maximum Gasteiger partial charge on any atom is 0.257 e. The number of rotatable bonds is 3. The van der Waals surface area contributed by atoms with Crippen LogP contribution in [0.4, 0.5) is 11.5 Å². The zero-order chi connectivity index (χ0) is 17.5. The van der Waals surface area contributed by atoms with E-state index in [-0.39, 0.29) is 5.91 Å². The first kappa shape index (κ1) is 18.2. The summed E-state index contributed by atoms with van der Waals surface area (Å²) in [6.45, 7) is 7.94. The molecule has 0 aromatic carbocycles. The van der Waals surface area contributed by atoms with Gasteiger partial charge in [0.25, 0.3) is 5.91 Å². The molecule has 0 atom stereocenters. The number of pyridine rings is 2. The Morgan fingerprint density at radius 3 is 2.46 bits per heavy atom. The molecule has 0 bridgehead atoms. The van der Waals surface area contributed by atoms with Crippen LogP contribution in [0.1, 0.15) is 42.6 Å². The number of nitrogens with one attached hydrogen (secondary N) is 1. The first-order valence-electron chi connectivity index (χ1n) is 8.28. The lowest BCUT2D eigenvalue weighted by molar-refractivity contribution is 0.102. The quantitative estimate of drug-likeness (QED) is 0.841. The van der Waals surface area contributed by atoms with Gasteiger partial charge in [-0.2, -0.15) is 0 Å². The molecule has 1 aliphatic heterocycles. The third-order valence-corrected chi connectivity index (χ3v) is 3.97. The number of aromatic nitrogens is 2. The summed E-state index contributed by atoms with van der Waals surface area (Å²) in [5, 5.41) is 3.24. The number of anilines is 2. The van der Waals surface area contributed by atoms with Gasteiger partial charge < -0.3 is 10.2 Å². The van der Waals surface area contributed by atoms with Crippen LogP contribution in [0.5, 0.6) is 0 Å². The van der Waals surface area contributed by atoms with Gasteiger partial charge in [-0.05, 0) is 43.5 Å². The summed E-state index contributed by atoms with van der Waals surface area (Å²) < 4.78 is 0. The van der Waals surface area contributed by atoms with Crippen molar-refractivity contribution in [1.82, 2.24) is 9.97 Å². The summed E-state index contributed by atoms with van der Waals surface area (Å²) in [6, 6.07) is 5.41. The number of carbonyl (C=O) groups excluding carboxylic acids is 1. The fourth-order valence-corrected chi connectivity index (χ4v) is 2.71. The molecule has 1 saturated heterocycles. The molecule has 24 heavy (non-hydrogen) atoms. The van der Waals surface area contributed by atoms with Gasteiger partial charge in [-0.15, -0.1) is 0 Å². The molecule has 2 aromatic heterocycles. The Bertz CT molecular complexity index is 682. The second kappa shape index (κ2) is 8.64. The van der Waals surface area contributed by atoms with Crippen molar-refractivity contribution in [3.8, 4) is 0 Å². The number of halogens is 1. The first-order chi connectivity index (χ1) is 11.6. The number of aryl methyl sites for hydroxylation is 1. The second-order valence-corrected chi connectivity index (χ2v) is 5.76. The summed E-state index contributed by atoms with van der Waals surface area (Å²) in [7, 11) is 0. The van der Waals surface area contributed by atoms with E-state index in [1.807, 2.05) is 26.8 Å². The van der Waals surface area contributed by atoms with Gasteiger partial charge in [-0.25, -0.2) is 9.97 Å². The molecule has 128 valence electrons. The molecular formula is C18H23ClN4O. The van der Waals surface area contributed by atoms with Crippen molar-refractivity contribution < 1.29 is 4.79 Å². The lowest BCUT2D eigenvalue weighted by Crippen LogP contribution is -2.19. The highest BCUT2D eigenvalue weighted by atomic mass is 35.5. The monoisotopic (exact) mass is 346 g/mol. The van der Waals surface area contributed by atoms with Gasteiger partial charge in [0.1, 0.15) is 11.0 Å². The van der Waals surface area contributed by atoms with Gasteiger partial charge >= 0.3 is 0 Å². The smallest absolute Gasteiger partial charge is 0.257 e. The molecule has 1 amide bonds. The van der Waals surface area contributed by atoms with Crippen molar-refractivity contribution in [3.05, 3.63) is 46.9 Å². The minimum absolute atomic E-state index is 0.201. The molecule has 0 aliphatic carbocycles. The maximum atomic E-state index is 12.3. The van der Waals surface area contributed by atoms with E-state index in [4.69, 9.17) is 11.6 Å². The first-order valence-corrected chi connectivity index (χ1v) is 8.66. The fraction of sp³-hybridized carbons (Fsp3) is 0.389. The number of carbonyl (C=O) groups is 1. The Morgan fingerprint density at radius 1 is 1.17 bits per heavy atom. The van der Waals surface area contributed by atoms with Crippen molar-refractivity contribution in [3.63, 3.8) is 0 Å². The van der Waals surface area contributed by atoms with Crippen LogP contribution in [-0.2, 0) is 0 Å². The van der Waals surface area contributed by atoms with Crippen molar-refractivity contribution in [1.29, 1.82) is 0 Å².